The Morgan fingerprint density at radius 3 is 1.60 bits per heavy atom. The summed E-state index contributed by atoms with van der Waals surface area (Å²) in [5, 5.41) is 4.20. The van der Waals surface area contributed by atoms with Crippen molar-refractivity contribution in [2.24, 2.45) is 16.6 Å². The van der Waals surface area contributed by atoms with Gasteiger partial charge in [0.15, 0.2) is 0 Å². The van der Waals surface area contributed by atoms with Gasteiger partial charge in [0.05, 0.1) is 59.6 Å². The molecule has 2 aliphatic carbocycles. The number of halogens is 4. The van der Waals surface area contributed by atoms with Gasteiger partial charge in [-0.15, -0.1) is 0 Å². The Bertz CT molecular complexity index is 2170. The predicted octanol–water partition coefficient (Wildman–Crippen LogP) is 13.0. The fourth-order valence-electron chi connectivity index (χ4n) is 9.42. The summed E-state index contributed by atoms with van der Waals surface area (Å²) in [6, 6.07) is 16.6. The first-order chi connectivity index (χ1) is 28.6. The van der Waals surface area contributed by atoms with Crippen LogP contribution in [-0.4, -0.2) is 57.2 Å². The molecule has 2 aromatic heterocycles. The number of piperidine rings is 2. The van der Waals surface area contributed by atoms with E-state index in [2.05, 4.69) is 40.5 Å². The van der Waals surface area contributed by atoms with Crippen LogP contribution < -0.4 is 20.3 Å². The average molecular weight is 949 g/mol. The molecule has 7 nitrogen and oxygen atoms in total. The Morgan fingerprint density at radius 1 is 0.717 bits per heavy atom. The van der Waals surface area contributed by atoms with Gasteiger partial charge >= 0.3 is 0 Å². The van der Waals surface area contributed by atoms with E-state index in [-0.39, 0.29) is 10.2 Å². The van der Waals surface area contributed by atoms with E-state index < -0.39 is 11.0 Å². The number of benzene rings is 2. The van der Waals surface area contributed by atoms with Crippen LogP contribution in [-0.2, 0) is 11.0 Å². The van der Waals surface area contributed by atoms with Crippen LogP contribution in [0.5, 0.6) is 0 Å². The van der Waals surface area contributed by atoms with Crippen molar-refractivity contribution < 1.29 is 4.21 Å². The molecule has 60 heavy (non-hydrogen) atoms. The summed E-state index contributed by atoms with van der Waals surface area (Å²) < 4.78 is 16.0. The molecular weight excluding hydrogens is 891 g/mol. The molecule has 4 aliphatic rings. The summed E-state index contributed by atoms with van der Waals surface area (Å²) in [7, 11) is -1.02. The summed E-state index contributed by atoms with van der Waals surface area (Å²) in [5.74, 6) is 0. The van der Waals surface area contributed by atoms with Crippen LogP contribution in [0.4, 0.5) is 11.4 Å². The van der Waals surface area contributed by atoms with E-state index in [9.17, 15) is 4.21 Å². The van der Waals surface area contributed by atoms with Crippen molar-refractivity contribution in [2.45, 2.75) is 136 Å². The molecule has 2 saturated heterocycles. The number of nitrogens with two attached hydrogens (primary N) is 1. The quantitative estimate of drug-likeness (QED) is 0.181. The highest BCUT2D eigenvalue weighted by Gasteiger charge is 2.46. The zero-order valence-corrected chi connectivity index (χ0v) is 40.8. The first kappa shape index (κ1) is 46.3. The van der Waals surface area contributed by atoms with Gasteiger partial charge in [0, 0.05) is 48.1 Å². The van der Waals surface area contributed by atoms with Gasteiger partial charge in [0.1, 0.15) is 10.1 Å². The van der Waals surface area contributed by atoms with Crippen molar-refractivity contribution in [3.8, 4) is 0 Å². The zero-order valence-electron chi connectivity index (χ0n) is 35.3. The van der Waals surface area contributed by atoms with Crippen molar-refractivity contribution in [2.75, 3.05) is 36.0 Å². The third-order valence-electron chi connectivity index (χ3n) is 13.2. The normalized spacial score (nSPS) is 21.6. The van der Waals surface area contributed by atoms with E-state index in [4.69, 9.17) is 62.1 Å². The molecule has 0 amide bonds. The van der Waals surface area contributed by atoms with Crippen LogP contribution >= 0.6 is 69.9 Å². The first-order valence-corrected chi connectivity index (χ1v) is 25.5. The number of nitrogens with zero attached hydrogens (tertiary/aromatic N) is 4. The summed E-state index contributed by atoms with van der Waals surface area (Å²) >= 11 is 28.1. The van der Waals surface area contributed by atoms with Crippen LogP contribution in [0.15, 0.2) is 80.8 Å². The van der Waals surface area contributed by atoms with E-state index in [0.29, 0.717) is 37.6 Å². The van der Waals surface area contributed by atoms with Crippen molar-refractivity contribution >= 4 is 92.3 Å². The van der Waals surface area contributed by atoms with Crippen LogP contribution in [0, 0.1) is 24.7 Å². The van der Waals surface area contributed by atoms with Crippen LogP contribution in [0.1, 0.15) is 96.1 Å². The average Bonchev–Trinajstić information content (AvgIpc) is 3.78. The van der Waals surface area contributed by atoms with E-state index in [1.807, 2.05) is 57.4 Å². The number of hydrogen-bond donors (Lipinski definition) is 2. The highest BCUT2D eigenvalue weighted by Crippen LogP contribution is 2.49. The van der Waals surface area contributed by atoms with E-state index in [0.717, 1.165) is 76.4 Å². The second kappa shape index (κ2) is 19.6. The van der Waals surface area contributed by atoms with Crippen LogP contribution in [0.3, 0.4) is 0 Å². The Kier molecular flexibility index (Phi) is 15.1. The minimum absolute atomic E-state index is 0.233. The molecule has 4 fully saturated rings. The number of aromatic nitrogens is 2. The zero-order chi connectivity index (χ0) is 42.8. The van der Waals surface area contributed by atoms with Gasteiger partial charge in [-0.1, -0.05) is 94.9 Å². The topological polar surface area (TPSA) is 87.4 Å². The minimum Gasteiger partial charge on any atom is -0.370 e. The highest BCUT2D eigenvalue weighted by molar-refractivity contribution is 7.99. The first-order valence-electron chi connectivity index (χ1n) is 21.2. The fraction of sp³-hybridized carbons (Fsp3) is 0.522. The molecule has 1 unspecified atom stereocenters. The third kappa shape index (κ3) is 10.4. The largest absolute Gasteiger partial charge is 0.370 e. The Hall–Kier alpha value is -1.73. The lowest BCUT2D eigenvalue weighted by atomic mass is 9.74. The number of pyridine rings is 2. The SMILES string of the molecule is Cc1cc(N2CCC3(CCC[C@H]3N)CC2)cnc1Sc1cccc(Cl)c1Cl.Cc1cc(N2CCC3(CCC[C@H]3NS(=O)C(C)(C)C)CC2)cnc1Sc1cccc(Cl)c1Cl. The molecule has 0 radical (unpaired) electrons. The summed E-state index contributed by atoms with van der Waals surface area (Å²) in [6.45, 7) is 14.5. The van der Waals surface area contributed by atoms with Crippen molar-refractivity contribution in [3.63, 3.8) is 0 Å². The Labute approximate surface area is 388 Å². The molecule has 2 aromatic carbocycles. The molecule has 2 aliphatic heterocycles. The maximum Gasteiger partial charge on any atom is 0.104 e. The molecule has 2 saturated carbocycles. The summed E-state index contributed by atoms with van der Waals surface area (Å²) in [4.78, 5) is 16.2. The van der Waals surface area contributed by atoms with Gasteiger partial charge in [-0.25, -0.2) is 18.9 Å². The summed E-state index contributed by atoms with van der Waals surface area (Å²) in [6.07, 6.45) is 16.0. The highest BCUT2D eigenvalue weighted by atomic mass is 35.5. The summed E-state index contributed by atoms with van der Waals surface area (Å²) in [5.41, 5.74) is 11.7. The monoisotopic (exact) mass is 946 g/mol. The maximum absolute atomic E-state index is 12.7. The fourth-order valence-corrected chi connectivity index (χ4v) is 13.1. The van der Waals surface area contributed by atoms with E-state index in [1.54, 1.807) is 35.7 Å². The lowest BCUT2D eigenvalue weighted by Crippen LogP contribution is -2.51. The molecule has 4 heterocycles. The Balaban J connectivity index is 0.000000185. The van der Waals surface area contributed by atoms with E-state index in [1.165, 1.54) is 56.3 Å². The molecule has 4 aromatic rings. The number of hydrogen-bond acceptors (Lipinski definition) is 8. The smallest absolute Gasteiger partial charge is 0.104 e. The van der Waals surface area contributed by atoms with Gasteiger partial charge < -0.3 is 15.5 Å². The molecule has 3 N–H and O–H groups in total. The van der Waals surface area contributed by atoms with Crippen LogP contribution in [0.2, 0.25) is 20.1 Å². The standard InChI is InChI=1S/C25H33Cl2N3OS2.C21H25Cl2N3S/c1-17-15-18(16-28-23(17)32-20-8-5-7-19(26)22(20)27)30-13-11-25(12-14-30)10-6-9-21(25)29-33(31)24(2,3)4;1-14-12-15(26-10-8-21(9-11-26)7-3-6-18(21)24)13-25-20(14)27-17-5-2-4-16(22)19(17)23/h5,7-8,15-16,21,29H,6,9-14H2,1-4H3;2,4-5,12-13,18H,3,6-11,24H2,1H3/t21-,33?;18-/m11/s1. The molecule has 2 spiro atoms. The second-order valence-corrected chi connectivity index (χ2v) is 23.7. The molecule has 3 atom stereocenters. The van der Waals surface area contributed by atoms with E-state index >= 15 is 0 Å². The van der Waals surface area contributed by atoms with Gasteiger partial charge in [-0.2, -0.15) is 0 Å². The predicted molar refractivity (Wildman–Crippen MR) is 257 cm³/mol. The third-order valence-corrected chi connectivity index (χ3v) is 19.0. The molecule has 324 valence electrons. The maximum atomic E-state index is 12.7. The van der Waals surface area contributed by atoms with Gasteiger partial charge in [-0.05, 0) is 144 Å². The van der Waals surface area contributed by atoms with Crippen molar-refractivity contribution in [1.29, 1.82) is 0 Å². The number of nitrogens with one attached hydrogen (secondary N) is 1. The van der Waals surface area contributed by atoms with Gasteiger partial charge in [0.25, 0.3) is 0 Å². The van der Waals surface area contributed by atoms with Crippen molar-refractivity contribution in [3.05, 3.63) is 92.1 Å². The Morgan fingerprint density at radius 2 is 1.17 bits per heavy atom. The lowest BCUT2D eigenvalue weighted by molar-refractivity contribution is 0.188. The molecule has 0 bridgehead atoms. The van der Waals surface area contributed by atoms with Crippen molar-refractivity contribution in [1.82, 2.24) is 14.7 Å². The molecular formula is C46H58Cl4N6OS3. The van der Waals surface area contributed by atoms with Gasteiger partial charge in [0.2, 0.25) is 0 Å². The second-order valence-electron chi connectivity index (χ2n) is 18.1. The lowest BCUT2D eigenvalue weighted by Gasteiger charge is -2.44. The number of aryl methyl sites for hydroxylation is 2. The number of anilines is 2. The molecule has 8 rings (SSSR count). The van der Waals surface area contributed by atoms with Gasteiger partial charge in [-0.3, -0.25) is 0 Å². The minimum atomic E-state index is -1.02. The molecule has 14 heteroatoms. The number of rotatable bonds is 8. The van der Waals surface area contributed by atoms with Crippen LogP contribution in [0.25, 0.3) is 0 Å².